The molecule has 0 bridgehead atoms. The van der Waals surface area contributed by atoms with Crippen LogP contribution in [0.1, 0.15) is 32.1 Å². The minimum Gasteiger partial charge on any atom is -0.374 e. The maximum atomic E-state index is 6.09. The summed E-state index contributed by atoms with van der Waals surface area (Å²) in [4.78, 5) is 3.94. The number of morpholine rings is 1. The first kappa shape index (κ1) is 17.4. The highest BCUT2D eigenvalue weighted by molar-refractivity contribution is 9.10. The minimum atomic E-state index is 0.286. The first-order valence-electron chi connectivity index (χ1n) is 7.92. The van der Waals surface area contributed by atoms with Crippen LogP contribution in [-0.2, 0) is 11.2 Å². The van der Waals surface area contributed by atoms with Gasteiger partial charge in [0, 0.05) is 39.9 Å². The van der Waals surface area contributed by atoms with Crippen molar-refractivity contribution in [3.63, 3.8) is 0 Å². The minimum absolute atomic E-state index is 0.286. The highest BCUT2D eigenvalue weighted by Crippen LogP contribution is 2.23. The van der Waals surface area contributed by atoms with E-state index in [1.54, 1.807) is 0 Å². The number of ether oxygens (including phenoxy) is 1. The zero-order valence-corrected chi connectivity index (χ0v) is 15.7. The number of nitrogens with zero attached hydrogens (tertiary/aromatic N) is 1. The summed E-state index contributed by atoms with van der Waals surface area (Å²) >= 11 is 5.38. The first-order valence-corrected chi connectivity index (χ1v) is 9.59. The number of hydrogen-bond acceptors (Lipinski definition) is 4. The molecule has 1 N–H and O–H groups in total. The van der Waals surface area contributed by atoms with Crippen molar-refractivity contribution in [1.82, 2.24) is 10.2 Å². The van der Waals surface area contributed by atoms with E-state index >= 15 is 0 Å². The van der Waals surface area contributed by atoms with Gasteiger partial charge < -0.3 is 10.1 Å². The fraction of sp³-hybridized carbons (Fsp3) is 0.750. The molecule has 2 unspecified atom stereocenters. The summed E-state index contributed by atoms with van der Waals surface area (Å²) in [6.45, 7) is 10.7. The first-order chi connectivity index (χ1) is 10.1. The molecule has 1 aliphatic rings. The topological polar surface area (TPSA) is 24.5 Å². The van der Waals surface area contributed by atoms with E-state index in [1.807, 2.05) is 11.3 Å². The third-order valence-corrected chi connectivity index (χ3v) is 5.72. The Morgan fingerprint density at radius 2 is 2.33 bits per heavy atom. The van der Waals surface area contributed by atoms with E-state index in [-0.39, 0.29) is 6.10 Å². The van der Waals surface area contributed by atoms with Crippen molar-refractivity contribution < 1.29 is 4.74 Å². The van der Waals surface area contributed by atoms with Gasteiger partial charge >= 0.3 is 0 Å². The second-order valence-electron chi connectivity index (χ2n) is 5.99. The maximum absolute atomic E-state index is 6.09. The van der Waals surface area contributed by atoms with Crippen LogP contribution in [0.5, 0.6) is 0 Å². The normalized spacial score (nSPS) is 21.9. The molecular formula is C16H27BrN2OS. The van der Waals surface area contributed by atoms with Gasteiger partial charge in [-0.25, -0.2) is 0 Å². The average Bonchev–Trinajstić information content (AvgIpc) is 2.89. The van der Waals surface area contributed by atoms with Gasteiger partial charge in [-0.1, -0.05) is 6.92 Å². The van der Waals surface area contributed by atoms with Gasteiger partial charge in [-0.05, 0) is 55.2 Å². The Morgan fingerprint density at radius 1 is 1.52 bits per heavy atom. The van der Waals surface area contributed by atoms with E-state index in [0.29, 0.717) is 12.1 Å². The number of hydrogen-bond donors (Lipinski definition) is 1. The van der Waals surface area contributed by atoms with E-state index in [1.165, 1.54) is 9.35 Å². The van der Waals surface area contributed by atoms with Crippen molar-refractivity contribution in [3.05, 3.63) is 20.8 Å². The molecule has 1 aromatic rings. The summed E-state index contributed by atoms with van der Waals surface area (Å²) in [5, 5.41) is 5.86. The second kappa shape index (κ2) is 8.63. The lowest BCUT2D eigenvalue weighted by Crippen LogP contribution is -2.54. The molecular weight excluding hydrogens is 348 g/mol. The fourth-order valence-corrected chi connectivity index (χ4v) is 4.26. The van der Waals surface area contributed by atoms with E-state index < -0.39 is 0 Å². The monoisotopic (exact) mass is 374 g/mol. The van der Waals surface area contributed by atoms with Crippen LogP contribution >= 0.6 is 27.3 Å². The summed E-state index contributed by atoms with van der Waals surface area (Å²) < 4.78 is 7.27. The van der Waals surface area contributed by atoms with Crippen LogP contribution < -0.4 is 5.32 Å². The van der Waals surface area contributed by atoms with Crippen molar-refractivity contribution >= 4 is 27.3 Å². The van der Waals surface area contributed by atoms with E-state index in [4.69, 9.17) is 4.74 Å². The van der Waals surface area contributed by atoms with Crippen LogP contribution in [0.15, 0.2) is 15.9 Å². The van der Waals surface area contributed by atoms with Gasteiger partial charge in [0.25, 0.3) is 0 Å². The van der Waals surface area contributed by atoms with Crippen LogP contribution in [0.3, 0.4) is 0 Å². The molecule has 1 fully saturated rings. The quantitative estimate of drug-likeness (QED) is 0.789. The van der Waals surface area contributed by atoms with Crippen molar-refractivity contribution in [1.29, 1.82) is 0 Å². The zero-order valence-electron chi connectivity index (χ0n) is 13.3. The zero-order chi connectivity index (χ0) is 15.2. The van der Waals surface area contributed by atoms with Crippen molar-refractivity contribution in [2.24, 2.45) is 0 Å². The van der Waals surface area contributed by atoms with Crippen molar-refractivity contribution in [3.8, 4) is 0 Å². The maximum Gasteiger partial charge on any atom is 0.0858 e. The fourth-order valence-electron chi connectivity index (χ4n) is 2.75. The Bertz CT molecular complexity index is 424. The lowest BCUT2D eigenvalue weighted by atomic mass is 10.0. The summed E-state index contributed by atoms with van der Waals surface area (Å²) in [5.74, 6) is 0. The number of nitrogens with one attached hydrogen (secondary N) is 1. The molecule has 2 atom stereocenters. The molecule has 21 heavy (non-hydrogen) atoms. The van der Waals surface area contributed by atoms with Gasteiger partial charge in [0.05, 0.1) is 12.7 Å². The molecule has 0 saturated carbocycles. The summed E-state index contributed by atoms with van der Waals surface area (Å²) in [5.41, 5.74) is 0. The largest absolute Gasteiger partial charge is 0.374 e. The van der Waals surface area contributed by atoms with Gasteiger partial charge in [0.1, 0.15) is 0 Å². The van der Waals surface area contributed by atoms with Crippen LogP contribution in [-0.4, -0.2) is 49.3 Å². The van der Waals surface area contributed by atoms with Gasteiger partial charge in [-0.3, -0.25) is 4.90 Å². The van der Waals surface area contributed by atoms with Crippen LogP contribution in [0, 0.1) is 0 Å². The Morgan fingerprint density at radius 3 is 2.95 bits per heavy atom. The highest BCUT2D eigenvalue weighted by Gasteiger charge is 2.29. The Labute approximate surface area is 141 Å². The molecule has 0 radical (unpaired) electrons. The number of thiophene rings is 1. The number of halogens is 1. The van der Waals surface area contributed by atoms with Crippen LogP contribution in [0.25, 0.3) is 0 Å². The molecule has 1 aromatic heterocycles. The summed E-state index contributed by atoms with van der Waals surface area (Å²) in [6.07, 6.45) is 2.49. The Hall–Kier alpha value is 0.0600. The summed E-state index contributed by atoms with van der Waals surface area (Å²) in [6, 6.07) is 3.23. The number of rotatable bonds is 7. The van der Waals surface area contributed by atoms with Crippen LogP contribution in [0.4, 0.5) is 0 Å². The standard InChI is InChI=1S/C16H27BrN2OS/c1-4-5-18-15(9-14-8-13(17)11-21-14)16-10-19(12(2)3)6-7-20-16/h8,11-12,15-16,18H,4-7,9-10H2,1-3H3. The molecule has 3 nitrogen and oxygen atoms in total. The molecule has 1 aliphatic heterocycles. The molecule has 0 spiro atoms. The predicted molar refractivity (Wildman–Crippen MR) is 94.3 cm³/mol. The molecule has 0 amide bonds. The van der Waals surface area contributed by atoms with E-state index in [9.17, 15) is 0 Å². The highest BCUT2D eigenvalue weighted by atomic mass is 79.9. The predicted octanol–water partition coefficient (Wildman–Crippen LogP) is 3.53. The smallest absolute Gasteiger partial charge is 0.0858 e. The molecule has 2 rings (SSSR count). The second-order valence-corrected chi connectivity index (χ2v) is 7.91. The molecule has 5 heteroatoms. The molecule has 1 saturated heterocycles. The van der Waals surface area contributed by atoms with Gasteiger partial charge in [-0.2, -0.15) is 0 Å². The van der Waals surface area contributed by atoms with Gasteiger partial charge in [0.15, 0.2) is 0 Å². The van der Waals surface area contributed by atoms with Crippen LogP contribution in [0.2, 0.25) is 0 Å². The molecule has 120 valence electrons. The third kappa shape index (κ3) is 5.32. The molecule has 2 heterocycles. The third-order valence-electron chi connectivity index (χ3n) is 4.00. The van der Waals surface area contributed by atoms with Crippen molar-refractivity contribution in [2.45, 2.75) is 51.8 Å². The lowest BCUT2D eigenvalue weighted by molar-refractivity contribution is -0.0550. The summed E-state index contributed by atoms with van der Waals surface area (Å²) in [7, 11) is 0. The van der Waals surface area contributed by atoms with E-state index in [0.717, 1.165) is 39.1 Å². The lowest BCUT2D eigenvalue weighted by Gasteiger charge is -2.39. The Balaban J connectivity index is 2.00. The van der Waals surface area contributed by atoms with E-state index in [2.05, 4.69) is 58.4 Å². The molecule has 0 aromatic carbocycles. The SMILES string of the molecule is CCCNC(Cc1cc(Br)cs1)C1CN(C(C)C)CCO1. The molecule has 0 aliphatic carbocycles. The van der Waals surface area contributed by atoms with Gasteiger partial charge in [0.2, 0.25) is 0 Å². The van der Waals surface area contributed by atoms with Gasteiger partial charge in [-0.15, -0.1) is 11.3 Å². The Kier molecular flexibility index (Phi) is 7.16. The average molecular weight is 375 g/mol. The van der Waals surface area contributed by atoms with Crippen molar-refractivity contribution in [2.75, 3.05) is 26.2 Å².